The maximum absolute atomic E-state index is 11.7. The van der Waals surface area contributed by atoms with Crippen LogP contribution in [-0.4, -0.2) is 39.0 Å². The first-order valence-electron chi connectivity index (χ1n) is 6.35. The lowest BCUT2D eigenvalue weighted by Gasteiger charge is -2.41. The molecule has 1 aliphatic carbocycles. The van der Waals surface area contributed by atoms with Crippen LogP contribution in [0.15, 0.2) is 18.5 Å². The summed E-state index contributed by atoms with van der Waals surface area (Å²) >= 11 is 0. The van der Waals surface area contributed by atoms with Gasteiger partial charge in [-0.25, -0.2) is 4.79 Å². The van der Waals surface area contributed by atoms with Gasteiger partial charge in [0, 0.05) is 18.9 Å². The lowest BCUT2D eigenvalue weighted by atomic mass is 9.74. The SMILES string of the molecule is O=C(O)CC1(NC(=O)NCCn2cccn2)CCC1. The predicted octanol–water partition coefficient (Wildman–Crippen LogP) is 0.580. The van der Waals surface area contributed by atoms with Gasteiger partial charge in [0.25, 0.3) is 0 Å². The average Bonchev–Trinajstić information content (AvgIpc) is 2.78. The molecular weight excluding hydrogens is 248 g/mol. The Morgan fingerprint density at radius 1 is 1.42 bits per heavy atom. The minimum Gasteiger partial charge on any atom is -0.481 e. The number of carbonyl (C=O) groups excluding carboxylic acids is 1. The summed E-state index contributed by atoms with van der Waals surface area (Å²) in [4.78, 5) is 22.5. The number of hydrogen-bond donors (Lipinski definition) is 3. The maximum Gasteiger partial charge on any atom is 0.315 e. The Morgan fingerprint density at radius 2 is 2.21 bits per heavy atom. The average molecular weight is 266 g/mol. The molecule has 1 aromatic rings. The van der Waals surface area contributed by atoms with Gasteiger partial charge in [-0.05, 0) is 25.3 Å². The molecule has 2 amide bonds. The van der Waals surface area contributed by atoms with Gasteiger partial charge in [-0.15, -0.1) is 0 Å². The highest BCUT2D eigenvalue weighted by Crippen LogP contribution is 2.34. The molecule has 2 rings (SSSR count). The zero-order valence-electron chi connectivity index (χ0n) is 10.6. The van der Waals surface area contributed by atoms with E-state index < -0.39 is 11.5 Å². The quantitative estimate of drug-likeness (QED) is 0.701. The molecule has 0 aliphatic heterocycles. The molecule has 7 nitrogen and oxygen atoms in total. The first-order chi connectivity index (χ1) is 9.10. The second-order valence-electron chi connectivity index (χ2n) is 4.85. The van der Waals surface area contributed by atoms with Crippen LogP contribution in [0.2, 0.25) is 0 Å². The lowest BCUT2D eigenvalue weighted by molar-refractivity contribution is -0.139. The third-order valence-electron chi connectivity index (χ3n) is 3.36. The summed E-state index contributed by atoms with van der Waals surface area (Å²) in [7, 11) is 0. The van der Waals surface area contributed by atoms with Gasteiger partial charge in [0.05, 0.1) is 18.5 Å². The van der Waals surface area contributed by atoms with Crippen molar-refractivity contribution in [2.24, 2.45) is 0 Å². The van der Waals surface area contributed by atoms with E-state index in [-0.39, 0.29) is 12.5 Å². The van der Waals surface area contributed by atoms with Crippen molar-refractivity contribution in [3.05, 3.63) is 18.5 Å². The summed E-state index contributed by atoms with van der Waals surface area (Å²) in [6.07, 6.45) is 5.89. The summed E-state index contributed by atoms with van der Waals surface area (Å²) in [5.41, 5.74) is -0.554. The summed E-state index contributed by atoms with van der Waals surface area (Å²) < 4.78 is 1.72. The van der Waals surface area contributed by atoms with Crippen LogP contribution in [0.3, 0.4) is 0 Å². The molecule has 1 saturated carbocycles. The summed E-state index contributed by atoms with van der Waals surface area (Å²) in [6, 6.07) is 1.50. The van der Waals surface area contributed by atoms with E-state index in [1.165, 1.54) is 0 Å². The molecule has 0 aromatic carbocycles. The van der Waals surface area contributed by atoms with Crippen LogP contribution >= 0.6 is 0 Å². The number of amides is 2. The number of rotatable bonds is 6. The molecule has 7 heteroatoms. The zero-order valence-corrected chi connectivity index (χ0v) is 10.6. The topological polar surface area (TPSA) is 96.3 Å². The van der Waals surface area contributed by atoms with Crippen LogP contribution in [0.5, 0.6) is 0 Å². The summed E-state index contributed by atoms with van der Waals surface area (Å²) in [6.45, 7) is 1.04. The van der Waals surface area contributed by atoms with Crippen molar-refractivity contribution < 1.29 is 14.7 Å². The van der Waals surface area contributed by atoms with Crippen molar-refractivity contribution in [2.45, 2.75) is 37.8 Å². The number of aliphatic carboxylic acids is 1. The monoisotopic (exact) mass is 266 g/mol. The number of nitrogens with zero attached hydrogens (tertiary/aromatic N) is 2. The van der Waals surface area contributed by atoms with E-state index >= 15 is 0 Å². The first-order valence-corrected chi connectivity index (χ1v) is 6.35. The number of hydrogen-bond acceptors (Lipinski definition) is 3. The van der Waals surface area contributed by atoms with Crippen LogP contribution in [0.25, 0.3) is 0 Å². The van der Waals surface area contributed by atoms with Crippen LogP contribution < -0.4 is 10.6 Å². The smallest absolute Gasteiger partial charge is 0.315 e. The van der Waals surface area contributed by atoms with E-state index in [9.17, 15) is 9.59 Å². The van der Waals surface area contributed by atoms with Gasteiger partial charge >= 0.3 is 12.0 Å². The van der Waals surface area contributed by atoms with E-state index in [0.29, 0.717) is 13.1 Å². The largest absolute Gasteiger partial charge is 0.481 e. The Hall–Kier alpha value is -2.05. The molecule has 0 saturated heterocycles. The number of nitrogens with one attached hydrogen (secondary N) is 2. The molecule has 0 unspecified atom stereocenters. The molecule has 0 radical (unpaired) electrons. The summed E-state index contributed by atoms with van der Waals surface area (Å²) in [5, 5.41) is 18.4. The van der Waals surface area contributed by atoms with Crippen molar-refractivity contribution in [1.82, 2.24) is 20.4 Å². The van der Waals surface area contributed by atoms with E-state index in [1.54, 1.807) is 10.9 Å². The molecule has 1 fully saturated rings. The van der Waals surface area contributed by atoms with Gasteiger partial charge < -0.3 is 15.7 Å². The van der Waals surface area contributed by atoms with Crippen LogP contribution in [-0.2, 0) is 11.3 Å². The van der Waals surface area contributed by atoms with E-state index in [4.69, 9.17) is 5.11 Å². The number of carbonyl (C=O) groups is 2. The van der Waals surface area contributed by atoms with Crippen molar-refractivity contribution >= 4 is 12.0 Å². The highest BCUT2D eigenvalue weighted by molar-refractivity contribution is 5.77. The highest BCUT2D eigenvalue weighted by Gasteiger charge is 2.40. The Morgan fingerprint density at radius 3 is 2.74 bits per heavy atom. The lowest BCUT2D eigenvalue weighted by Crippen LogP contribution is -2.57. The van der Waals surface area contributed by atoms with Crippen molar-refractivity contribution in [1.29, 1.82) is 0 Å². The molecule has 0 bridgehead atoms. The Balaban J connectivity index is 1.72. The highest BCUT2D eigenvalue weighted by atomic mass is 16.4. The molecular formula is C12H18N4O3. The Kier molecular flexibility index (Phi) is 4.03. The molecule has 3 N–H and O–H groups in total. The fourth-order valence-electron chi connectivity index (χ4n) is 2.24. The van der Waals surface area contributed by atoms with Crippen LogP contribution in [0, 0.1) is 0 Å². The maximum atomic E-state index is 11.7. The molecule has 1 heterocycles. The van der Waals surface area contributed by atoms with E-state index in [2.05, 4.69) is 15.7 Å². The number of aromatic nitrogens is 2. The fraction of sp³-hybridized carbons (Fsp3) is 0.583. The zero-order chi connectivity index (χ0) is 13.7. The summed E-state index contributed by atoms with van der Waals surface area (Å²) in [5.74, 6) is -0.878. The van der Waals surface area contributed by atoms with Gasteiger partial charge in [0.1, 0.15) is 0 Å². The Bertz CT molecular complexity index is 440. The standard InChI is InChI=1S/C12H18N4O3/c17-10(18)9-12(3-1-4-12)15-11(19)13-6-8-16-7-2-5-14-16/h2,5,7H,1,3-4,6,8-9H2,(H,17,18)(H2,13,15,19). The molecule has 0 atom stereocenters. The third kappa shape index (κ3) is 3.70. The molecule has 0 spiro atoms. The van der Waals surface area contributed by atoms with Crippen LogP contribution in [0.4, 0.5) is 4.79 Å². The minimum absolute atomic E-state index is 0.0143. The van der Waals surface area contributed by atoms with Gasteiger partial charge in [0.2, 0.25) is 0 Å². The molecule has 1 aliphatic rings. The van der Waals surface area contributed by atoms with Crippen LogP contribution in [0.1, 0.15) is 25.7 Å². The van der Waals surface area contributed by atoms with Gasteiger partial charge in [-0.2, -0.15) is 5.10 Å². The molecule has 19 heavy (non-hydrogen) atoms. The molecule has 104 valence electrons. The van der Waals surface area contributed by atoms with Crippen molar-refractivity contribution in [3.63, 3.8) is 0 Å². The van der Waals surface area contributed by atoms with E-state index in [1.807, 2.05) is 12.3 Å². The van der Waals surface area contributed by atoms with E-state index in [0.717, 1.165) is 19.3 Å². The molecule has 1 aromatic heterocycles. The minimum atomic E-state index is -0.878. The normalized spacial score (nSPS) is 16.4. The van der Waals surface area contributed by atoms with Crippen molar-refractivity contribution in [3.8, 4) is 0 Å². The van der Waals surface area contributed by atoms with Gasteiger partial charge in [-0.3, -0.25) is 9.48 Å². The third-order valence-corrected chi connectivity index (χ3v) is 3.36. The number of carboxylic acids is 1. The fourth-order valence-corrected chi connectivity index (χ4v) is 2.24. The van der Waals surface area contributed by atoms with Crippen molar-refractivity contribution in [2.75, 3.05) is 6.54 Å². The predicted molar refractivity (Wildman–Crippen MR) is 67.6 cm³/mol. The first kappa shape index (κ1) is 13.4. The Labute approximate surface area is 111 Å². The van der Waals surface area contributed by atoms with Gasteiger partial charge in [0.15, 0.2) is 0 Å². The number of urea groups is 1. The second-order valence-corrected chi connectivity index (χ2v) is 4.85. The van der Waals surface area contributed by atoms with Gasteiger partial charge in [-0.1, -0.05) is 0 Å². The number of carboxylic acid groups (broad SMARTS) is 1. The second kappa shape index (κ2) is 5.73.